The summed E-state index contributed by atoms with van der Waals surface area (Å²) in [6, 6.07) is 21.4. The highest BCUT2D eigenvalue weighted by Crippen LogP contribution is 2.46. The van der Waals surface area contributed by atoms with Crippen molar-refractivity contribution in [2.45, 2.75) is 6.42 Å². The molecule has 1 saturated heterocycles. The SMILES string of the molecule is COc1cccc(F)c1N1CCN(CCCN2c3ccccc3Oc3ccccc32)CC1.Cl. The van der Waals surface area contributed by atoms with Crippen molar-refractivity contribution in [2.24, 2.45) is 0 Å². The van der Waals surface area contributed by atoms with Gasteiger partial charge in [-0.25, -0.2) is 4.39 Å². The van der Waals surface area contributed by atoms with Crippen molar-refractivity contribution in [2.75, 3.05) is 56.2 Å². The molecule has 1 fully saturated rings. The molecule has 0 atom stereocenters. The summed E-state index contributed by atoms with van der Waals surface area (Å²) in [5.41, 5.74) is 2.81. The Kier molecular flexibility index (Phi) is 7.26. The third-order valence-electron chi connectivity index (χ3n) is 6.25. The summed E-state index contributed by atoms with van der Waals surface area (Å²) in [4.78, 5) is 6.91. The van der Waals surface area contributed by atoms with Gasteiger partial charge in [0.15, 0.2) is 11.5 Å². The molecule has 7 heteroatoms. The minimum Gasteiger partial charge on any atom is -0.494 e. The molecular weight excluding hydrogens is 441 g/mol. The van der Waals surface area contributed by atoms with Gasteiger partial charge < -0.3 is 19.3 Å². The number of para-hydroxylation sites is 5. The fourth-order valence-corrected chi connectivity index (χ4v) is 4.64. The molecule has 0 radical (unpaired) electrons. The van der Waals surface area contributed by atoms with Crippen LogP contribution in [0.15, 0.2) is 66.7 Å². The zero-order valence-electron chi connectivity index (χ0n) is 18.7. The van der Waals surface area contributed by atoms with Crippen molar-refractivity contribution in [3.05, 3.63) is 72.5 Å². The van der Waals surface area contributed by atoms with Crippen LogP contribution in [0.1, 0.15) is 6.42 Å². The first kappa shape index (κ1) is 23.2. The Morgan fingerprint density at radius 2 is 1.45 bits per heavy atom. The summed E-state index contributed by atoms with van der Waals surface area (Å²) in [6.45, 7) is 5.32. The molecule has 0 spiro atoms. The Balaban J connectivity index is 0.00000259. The lowest BCUT2D eigenvalue weighted by molar-refractivity contribution is 0.254. The van der Waals surface area contributed by atoms with E-state index in [4.69, 9.17) is 9.47 Å². The second kappa shape index (κ2) is 10.3. The second-order valence-corrected chi connectivity index (χ2v) is 8.16. The molecule has 3 aromatic rings. The maximum Gasteiger partial charge on any atom is 0.151 e. The van der Waals surface area contributed by atoms with Crippen molar-refractivity contribution in [1.82, 2.24) is 4.90 Å². The average Bonchev–Trinajstić information content (AvgIpc) is 2.84. The van der Waals surface area contributed by atoms with Crippen molar-refractivity contribution in [3.63, 3.8) is 0 Å². The van der Waals surface area contributed by atoms with Gasteiger partial charge in [-0.3, -0.25) is 4.90 Å². The largest absolute Gasteiger partial charge is 0.494 e. The number of halogens is 2. The highest BCUT2D eigenvalue weighted by atomic mass is 35.5. The van der Waals surface area contributed by atoms with E-state index in [1.54, 1.807) is 13.2 Å². The minimum atomic E-state index is -0.220. The maximum absolute atomic E-state index is 14.4. The number of fused-ring (bicyclic) bond motifs is 2. The maximum atomic E-state index is 14.4. The van der Waals surface area contributed by atoms with E-state index in [0.717, 1.165) is 68.6 Å². The molecule has 3 aromatic carbocycles. The quantitative estimate of drug-likeness (QED) is 0.461. The Morgan fingerprint density at radius 1 is 0.818 bits per heavy atom. The summed E-state index contributed by atoms with van der Waals surface area (Å²) in [5, 5.41) is 0. The van der Waals surface area contributed by atoms with E-state index in [1.165, 1.54) is 6.07 Å². The number of nitrogens with zero attached hydrogens (tertiary/aromatic N) is 3. The second-order valence-electron chi connectivity index (χ2n) is 8.16. The van der Waals surface area contributed by atoms with E-state index in [9.17, 15) is 4.39 Å². The van der Waals surface area contributed by atoms with Gasteiger partial charge >= 0.3 is 0 Å². The molecule has 0 amide bonds. The fourth-order valence-electron chi connectivity index (χ4n) is 4.64. The molecule has 0 aromatic heterocycles. The molecule has 174 valence electrons. The van der Waals surface area contributed by atoms with Crippen molar-refractivity contribution in [3.8, 4) is 17.2 Å². The topological polar surface area (TPSA) is 28.2 Å². The molecular formula is C26H29ClFN3O2. The number of ether oxygens (including phenoxy) is 2. The Morgan fingerprint density at radius 3 is 2.09 bits per heavy atom. The van der Waals surface area contributed by atoms with E-state index < -0.39 is 0 Å². The van der Waals surface area contributed by atoms with E-state index in [1.807, 2.05) is 30.3 Å². The van der Waals surface area contributed by atoms with E-state index in [0.29, 0.717) is 11.4 Å². The van der Waals surface area contributed by atoms with Crippen molar-refractivity contribution in [1.29, 1.82) is 0 Å². The van der Waals surface area contributed by atoms with Crippen LogP contribution in [-0.4, -0.2) is 51.3 Å². The number of anilines is 3. The highest BCUT2D eigenvalue weighted by Gasteiger charge is 2.25. The number of methoxy groups -OCH3 is 1. The number of hydrogen-bond donors (Lipinski definition) is 0. The van der Waals surface area contributed by atoms with Crippen LogP contribution in [0.25, 0.3) is 0 Å². The van der Waals surface area contributed by atoms with Crippen LogP contribution in [0.5, 0.6) is 17.2 Å². The van der Waals surface area contributed by atoms with E-state index >= 15 is 0 Å². The first-order chi connectivity index (χ1) is 15.7. The highest BCUT2D eigenvalue weighted by molar-refractivity contribution is 5.85. The zero-order chi connectivity index (χ0) is 21.9. The van der Waals surface area contributed by atoms with Gasteiger partial charge in [0, 0.05) is 32.7 Å². The Labute approximate surface area is 200 Å². The molecule has 0 bridgehead atoms. The molecule has 2 aliphatic heterocycles. The fraction of sp³-hybridized carbons (Fsp3) is 0.308. The predicted molar refractivity (Wildman–Crippen MR) is 133 cm³/mol. The number of benzene rings is 3. The summed E-state index contributed by atoms with van der Waals surface area (Å²) in [7, 11) is 1.59. The van der Waals surface area contributed by atoms with Gasteiger partial charge in [0.1, 0.15) is 17.3 Å². The van der Waals surface area contributed by atoms with Crippen molar-refractivity contribution < 1.29 is 13.9 Å². The third-order valence-corrected chi connectivity index (χ3v) is 6.25. The molecule has 0 N–H and O–H groups in total. The van der Waals surface area contributed by atoms with Crippen LogP contribution in [0, 0.1) is 5.82 Å². The first-order valence-electron chi connectivity index (χ1n) is 11.2. The van der Waals surface area contributed by atoms with Gasteiger partial charge in [0.25, 0.3) is 0 Å². The van der Waals surface area contributed by atoms with Crippen molar-refractivity contribution >= 4 is 29.5 Å². The molecule has 0 saturated carbocycles. The molecule has 2 heterocycles. The van der Waals surface area contributed by atoms with Crippen LogP contribution in [0.4, 0.5) is 21.5 Å². The van der Waals surface area contributed by atoms with Gasteiger partial charge in [0.05, 0.1) is 18.5 Å². The molecule has 0 unspecified atom stereocenters. The normalized spacial score (nSPS) is 15.2. The van der Waals surface area contributed by atoms with Crippen LogP contribution in [0.2, 0.25) is 0 Å². The minimum absolute atomic E-state index is 0. The molecule has 2 aliphatic rings. The van der Waals surface area contributed by atoms with E-state index in [2.05, 4.69) is 39.0 Å². The number of rotatable bonds is 6. The Bertz CT molecular complexity index is 1040. The molecule has 5 rings (SSSR count). The van der Waals surface area contributed by atoms with Gasteiger partial charge in [-0.1, -0.05) is 30.3 Å². The van der Waals surface area contributed by atoms with E-state index in [-0.39, 0.29) is 18.2 Å². The lowest BCUT2D eigenvalue weighted by atomic mass is 10.1. The Hall–Kier alpha value is -2.96. The summed E-state index contributed by atoms with van der Waals surface area (Å²) in [5.74, 6) is 2.18. The monoisotopic (exact) mass is 469 g/mol. The number of piperazine rings is 1. The third kappa shape index (κ3) is 4.72. The molecule has 5 nitrogen and oxygen atoms in total. The summed E-state index contributed by atoms with van der Waals surface area (Å²) < 4.78 is 25.9. The zero-order valence-corrected chi connectivity index (χ0v) is 19.6. The smallest absolute Gasteiger partial charge is 0.151 e. The predicted octanol–water partition coefficient (Wildman–Crippen LogP) is 5.71. The molecule has 33 heavy (non-hydrogen) atoms. The average molecular weight is 470 g/mol. The van der Waals surface area contributed by atoms with Crippen LogP contribution < -0.4 is 19.3 Å². The lowest BCUT2D eigenvalue weighted by Gasteiger charge is -2.37. The standard InChI is InChI=1S/C26H28FN3O2.ClH/c1-31-25-13-6-8-20(27)26(25)29-18-16-28(17-19-29)14-7-15-30-21-9-2-4-11-23(21)32-24-12-5-3-10-22(24)30;/h2-6,8-13H,7,14-19H2,1H3;1H. The van der Waals surface area contributed by atoms with Crippen LogP contribution >= 0.6 is 12.4 Å². The van der Waals surface area contributed by atoms with Gasteiger partial charge in [-0.05, 0) is 49.4 Å². The van der Waals surface area contributed by atoms with Gasteiger partial charge in [0.2, 0.25) is 0 Å². The van der Waals surface area contributed by atoms with Crippen LogP contribution in [-0.2, 0) is 0 Å². The lowest BCUT2D eigenvalue weighted by Crippen LogP contribution is -2.47. The molecule has 0 aliphatic carbocycles. The number of hydrogen-bond acceptors (Lipinski definition) is 5. The first-order valence-corrected chi connectivity index (χ1v) is 11.2. The van der Waals surface area contributed by atoms with Gasteiger partial charge in [-0.15, -0.1) is 12.4 Å². The summed E-state index contributed by atoms with van der Waals surface area (Å²) in [6.07, 6.45) is 1.03. The van der Waals surface area contributed by atoms with Crippen LogP contribution in [0.3, 0.4) is 0 Å². The summed E-state index contributed by atoms with van der Waals surface area (Å²) >= 11 is 0. The van der Waals surface area contributed by atoms with Gasteiger partial charge in [-0.2, -0.15) is 0 Å².